The van der Waals surface area contributed by atoms with Gasteiger partial charge in [-0.05, 0) is 12.8 Å². The molecule has 0 bridgehead atoms. The van der Waals surface area contributed by atoms with E-state index < -0.39 is 6.09 Å². The lowest BCUT2D eigenvalue weighted by atomic mass is 10.2. The van der Waals surface area contributed by atoms with E-state index in [2.05, 4.69) is 5.32 Å². The summed E-state index contributed by atoms with van der Waals surface area (Å²) in [6.45, 7) is 0.0649. The zero-order valence-corrected chi connectivity index (χ0v) is 10.5. The summed E-state index contributed by atoms with van der Waals surface area (Å²) in [6, 6.07) is 0. The molecular weight excluding hydrogens is 252 g/mol. The topological polar surface area (TPSA) is 112 Å². The molecule has 1 rings (SSSR count). The lowest BCUT2D eigenvalue weighted by Gasteiger charge is -2.02. The molecule has 1 heterocycles. The highest BCUT2D eigenvalue weighted by molar-refractivity contribution is 5.79. The van der Waals surface area contributed by atoms with Crippen molar-refractivity contribution in [3.8, 4) is 5.75 Å². The lowest BCUT2D eigenvalue weighted by Crippen LogP contribution is -2.21. The average molecular weight is 270 g/mol. The van der Waals surface area contributed by atoms with Crippen LogP contribution in [-0.2, 0) is 6.61 Å². The summed E-state index contributed by atoms with van der Waals surface area (Å²) in [7, 11) is 0. The molecule has 1 amide bonds. The minimum atomic E-state index is -1.05. The molecule has 0 aliphatic rings. The van der Waals surface area contributed by atoms with E-state index in [1.165, 1.54) is 17.0 Å². The Morgan fingerprint density at radius 1 is 1.21 bits per heavy atom. The number of hydrogen-bond donors (Lipinski definition) is 4. The van der Waals surface area contributed by atoms with E-state index in [0.29, 0.717) is 31.4 Å². The summed E-state index contributed by atoms with van der Waals surface area (Å²) in [5.41, 5.74) is 0.319. The fourth-order valence-electron chi connectivity index (χ4n) is 1.65. The number of aliphatic hydroxyl groups excluding tert-OH is 1. The van der Waals surface area contributed by atoms with Crippen molar-refractivity contribution in [2.24, 2.45) is 0 Å². The average Bonchev–Trinajstić information content (AvgIpc) is 2.74. The van der Waals surface area contributed by atoms with Crippen molar-refractivity contribution in [3.05, 3.63) is 18.0 Å². The van der Waals surface area contributed by atoms with E-state index in [-0.39, 0.29) is 18.3 Å². The minimum absolute atomic E-state index is 0.0958. The van der Waals surface area contributed by atoms with Crippen molar-refractivity contribution in [1.82, 2.24) is 9.88 Å². The highest BCUT2D eigenvalue weighted by Crippen LogP contribution is 2.18. The molecule has 0 spiro atoms. The van der Waals surface area contributed by atoms with Crippen molar-refractivity contribution in [1.29, 1.82) is 0 Å². The van der Waals surface area contributed by atoms with E-state index >= 15 is 0 Å². The van der Waals surface area contributed by atoms with Gasteiger partial charge in [0.05, 0.1) is 12.8 Å². The molecule has 0 fully saturated rings. The van der Waals surface area contributed by atoms with Gasteiger partial charge in [0.25, 0.3) is 0 Å². The number of hydrogen-bond acceptors (Lipinski definition) is 4. The standard InChI is InChI=1S/C12H18N2O5/c15-8-9-6-14(7-10(9)16)11(17)4-2-1-3-5-13-12(18)19/h6-7,13,15-16H,1-5,8H2,(H,18,19). The van der Waals surface area contributed by atoms with Crippen molar-refractivity contribution >= 4 is 12.0 Å². The molecule has 7 heteroatoms. The predicted octanol–water partition coefficient (Wildman–Crippen LogP) is 1.15. The van der Waals surface area contributed by atoms with Gasteiger partial charge in [-0.2, -0.15) is 0 Å². The number of carbonyl (C=O) groups is 2. The van der Waals surface area contributed by atoms with E-state index in [4.69, 9.17) is 10.2 Å². The SMILES string of the molecule is O=C(O)NCCCCCC(=O)n1cc(O)c(CO)c1. The lowest BCUT2D eigenvalue weighted by molar-refractivity contribution is 0.0898. The molecule has 0 saturated carbocycles. The number of unbranched alkanes of at least 4 members (excludes halogenated alkanes) is 2. The molecule has 106 valence electrons. The first-order valence-electron chi connectivity index (χ1n) is 6.05. The van der Waals surface area contributed by atoms with Crippen LogP contribution in [0, 0.1) is 0 Å². The van der Waals surface area contributed by atoms with Crippen LogP contribution in [0.5, 0.6) is 5.75 Å². The Morgan fingerprint density at radius 2 is 1.95 bits per heavy atom. The van der Waals surface area contributed by atoms with Crippen LogP contribution in [0.4, 0.5) is 4.79 Å². The molecular formula is C12H18N2O5. The predicted molar refractivity (Wildman–Crippen MR) is 67.1 cm³/mol. The highest BCUT2D eigenvalue weighted by atomic mass is 16.4. The summed E-state index contributed by atoms with van der Waals surface area (Å²) in [4.78, 5) is 21.9. The van der Waals surface area contributed by atoms with Crippen LogP contribution in [0.3, 0.4) is 0 Å². The quantitative estimate of drug-likeness (QED) is 0.555. The first-order chi connectivity index (χ1) is 9.04. The number of aromatic nitrogens is 1. The number of amides is 1. The fourth-order valence-corrected chi connectivity index (χ4v) is 1.65. The number of aliphatic hydroxyl groups is 1. The van der Waals surface area contributed by atoms with E-state index in [1.54, 1.807) is 0 Å². The molecule has 1 aromatic heterocycles. The molecule has 0 unspecified atom stereocenters. The van der Waals surface area contributed by atoms with Crippen LogP contribution in [0.1, 0.15) is 36.0 Å². The van der Waals surface area contributed by atoms with Gasteiger partial charge < -0.3 is 20.6 Å². The Hall–Kier alpha value is -2.02. The van der Waals surface area contributed by atoms with Gasteiger partial charge in [0, 0.05) is 24.7 Å². The van der Waals surface area contributed by atoms with Crippen LogP contribution >= 0.6 is 0 Å². The smallest absolute Gasteiger partial charge is 0.404 e. The Labute approximate surface area is 110 Å². The third-order valence-electron chi connectivity index (χ3n) is 2.69. The van der Waals surface area contributed by atoms with Crippen molar-refractivity contribution in [2.75, 3.05) is 6.54 Å². The van der Waals surface area contributed by atoms with Gasteiger partial charge in [0.2, 0.25) is 5.91 Å². The maximum Gasteiger partial charge on any atom is 0.404 e. The Balaban J connectivity index is 2.25. The highest BCUT2D eigenvalue weighted by Gasteiger charge is 2.09. The third kappa shape index (κ3) is 5.01. The second-order valence-electron chi connectivity index (χ2n) is 4.17. The summed E-state index contributed by atoms with van der Waals surface area (Å²) in [5, 5.41) is 28.9. The van der Waals surface area contributed by atoms with Gasteiger partial charge in [-0.25, -0.2) is 4.79 Å². The second-order valence-corrected chi connectivity index (χ2v) is 4.17. The fraction of sp³-hybridized carbons (Fsp3) is 0.500. The second kappa shape index (κ2) is 7.42. The largest absolute Gasteiger partial charge is 0.506 e. The molecule has 0 aromatic carbocycles. The van der Waals surface area contributed by atoms with E-state index in [1.807, 2.05) is 0 Å². The van der Waals surface area contributed by atoms with Gasteiger partial charge in [-0.1, -0.05) is 6.42 Å². The molecule has 0 atom stereocenters. The molecule has 1 aromatic rings. The number of carbonyl (C=O) groups excluding carboxylic acids is 1. The molecule has 19 heavy (non-hydrogen) atoms. The normalized spacial score (nSPS) is 10.4. The van der Waals surface area contributed by atoms with Crippen LogP contribution in [0.25, 0.3) is 0 Å². The summed E-state index contributed by atoms with van der Waals surface area (Å²) < 4.78 is 1.26. The summed E-state index contributed by atoms with van der Waals surface area (Å²) in [5.74, 6) is -0.261. The van der Waals surface area contributed by atoms with E-state index in [0.717, 1.165) is 6.42 Å². The molecule has 7 nitrogen and oxygen atoms in total. The van der Waals surface area contributed by atoms with Crippen molar-refractivity contribution in [2.45, 2.75) is 32.3 Å². The molecule has 0 aliphatic carbocycles. The maximum absolute atomic E-state index is 11.7. The maximum atomic E-state index is 11.7. The number of nitrogens with zero attached hydrogens (tertiary/aromatic N) is 1. The Bertz CT molecular complexity index is 441. The molecule has 0 radical (unpaired) electrons. The number of aromatic hydroxyl groups is 1. The number of carboxylic acid groups (broad SMARTS) is 1. The van der Waals surface area contributed by atoms with Gasteiger partial charge in [-0.3, -0.25) is 9.36 Å². The zero-order valence-electron chi connectivity index (χ0n) is 10.5. The van der Waals surface area contributed by atoms with Gasteiger partial charge >= 0.3 is 6.09 Å². The third-order valence-corrected chi connectivity index (χ3v) is 2.69. The molecule has 0 aliphatic heterocycles. The van der Waals surface area contributed by atoms with Crippen LogP contribution in [-0.4, -0.2) is 38.4 Å². The van der Waals surface area contributed by atoms with Crippen molar-refractivity contribution in [3.63, 3.8) is 0 Å². The van der Waals surface area contributed by atoms with E-state index in [9.17, 15) is 14.7 Å². The van der Waals surface area contributed by atoms with Gasteiger partial charge in [0.1, 0.15) is 5.75 Å². The molecule has 0 saturated heterocycles. The Kier molecular flexibility index (Phi) is 5.87. The van der Waals surface area contributed by atoms with Crippen molar-refractivity contribution < 1.29 is 24.9 Å². The zero-order chi connectivity index (χ0) is 14.3. The monoisotopic (exact) mass is 270 g/mol. The first kappa shape index (κ1) is 15.0. The first-order valence-corrected chi connectivity index (χ1v) is 6.05. The number of rotatable bonds is 7. The number of nitrogens with one attached hydrogen (secondary N) is 1. The van der Waals surface area contributed by atoms with Gasteiger partial charge in [-0.15, -0.1) is 0 Å². The molecule has 4 N–H and O–H groups in total. The summed E-state index contributed by atoms with van der Waals surface area (Å²) in [6.07, 6.45) is 4.02. The van der Waals surface area contributed by atoms with Gasteiger partial charge in [0.15, 0.2) is 0 Å². The Morgan fingerprint density at radius 3 is 2.53 bits per heavy atom. The van der Waals surface area contributed by atoms with Crippen LogP contribution < -0.4 is 5.32 Å². The minimum Gasteiger partial charge on any atom is -0.506 e. The van der Waals surface area contributed by atoms with Crippen LogP contribution in [0.15, 0.2) is 12.4 Å². The van der Waals surface area contributed by atoms with Crippen LogP contribution in [0.2, 0.25) is 0 Å². The summed E-state index contributed by atoms with van der Waals surface area (Å²) >= 11 is 0.